The van der Waals surface area contributed by atoms with Crippen molar-refractivity contribution in [1.82, 2.24) is 4.98 Å². The Morgan fingerprint density at radius 1 is 1.44 bits per heavy atom. The van der Waals surface area contributed by atoms with E-state index in [1.165, 1.54) is 0 Å². The molecule has 2 heterocycles. The molecule has 2 N–H and O–H groups in total. The fourth-order valence-corrected chi connectivity index (χ4v) is 1.87. The van der Waals surface area contributed by atoms with E-state index in [1.54, 1.807) is 6.20 Å². The SMILES string of the molecule is NCC1(OCc2cccnc2)CCOCC1. The Kier molecular flexibility index (Phi) is 3.88. The summed E-state index contributed by atoms with van der Waals surface area (Å²) in [6.45, 7) is 2.61. The molecule has 16 heavy (non-hydrogen) atoms. The number of hydrogen-bond donors (Lipinski definition) is 1. The van der Waals surface area contributed by atoms with Crippen LogP contribution in [-0.4, -0.2) is 30.3 Å². The van der Waals surface area contributed by atoms with Gasteiger partial charge in [0.15, 0.2) is 0 Å². The first-order chi connectivity index (χ1) is 7.85. The average Bonchev–Trinajstić information content (AvgIpc) is 2.39. The molecular formula is C12H18N2O2. The Hall–Kier alpha value is -0.970. The van der Waals surface area contributed by atoms with Crippen molar-refractivity contribution in [1.29, 1.82) is 0 Å². The zero-order chi connectivity index (χ0) is 11.3. The van der Waals surface area contributed by atoms with Crippen molar-refractivity contribution in [3.05, 3.63) is 30.1 Å². The summed E-state index contributed by atoms with van der Waals surface area (Å²) in [6, 6.07) is 3.92. The minimum atomic E-state index is -0.200. The van der Waals surface area contributed by atoms with Crippen LogP contribution in [0, 0.1) is 0 Å². The molecular weight excluding hydrogens is 204 g/mol. The van der Waals surface area contributed by atoms with Gasteiger partial charge in [-0.05, 0) is 11.6 Å². The zero-order valence-corrected chi connectivity index (χ0v) is 9.39. The molecule has 0 aliphatic carbocycles. The van der Waals surface area contributed by atoms with E-state index in [0.717, 1.165) is 31.6 Å². The van der Waals surface area contributed by atoms with Crippen molar-refractivity contribution in [3.8, 4) is 0 Å². The van der Waals surface area contributed by atoms with E-state index >= 15 is 0 Å². The maximum Gasteiger partial charge on any atom is 0.0852 e. The van der Waals surface area contributed by atoms with E-state index in [2.05, 4.69) is 4.98 Å². The minimum absolute atomic E-state index is 0.200. The van der Waals surface area contributed by atoms with Crippen molar-refractivity contribution >= 4 is 0 Å². The van der Waals surface area contributed by atoms with Gasteiger partial charge in [0, 0.05) is 45.0 Å². The largest absolute Gasteiger partial charge is 0.381 e. The monoisotopic (exact) mass is 222 g/mol. The molecule has 0 saturated carbocycles. The summed E-state index contributed by atoms with van der Waals surface area (Å²) in [4.78, 5) is 4.06. The molecule has 2 rings (SSSR count). The van der Waals surface area contributed by atoms with Crippen LogP contribution in [0.1, 0.15) is 18.4 Å². The number of aromatic nitrogens is 1. The van der Waals surface area contributed by atoms with Gasteiger partial charge in [-0.1, -0.05) is 6.07 Å². The lowest BCUT2D eigenvalue weighted by molar-refractivity contribution is -0.112. The number of nitrogens with zero attached hydrogens (tertiary/aromatic N) is 1. The third-order valence-electron chi connectivity index (χ3n) is 3.04. The molecule has 4 heteroatoms. The van der Waals surface area contributed by atoms with Gasteiger partial charge in [0.1, 0.15) is 0 Å². The smallest absolute Gasteiger partial charge is 0.0852 e. The Balaban J connectivity index is 1.92. The second-order valence-corrected chi connectivity index (χ2v) is 4.15. The lowest BCUT2D eigenvalue weighted by Gasteiger charge is -2.36. The lowest BCUT2D eigenvalue weighted by atomic mass is 9.94. The van der Waals surface area contributed by atoms with E-state index in [4.69, 9.17) is 15.2 Å². The molecule has 0 radical (unpaired) electrons. The van der Waals surface area contributed by atoms with Gasteiger partial charge in [-0.25, -0.2) is 0 Å². The molecule has 0 bridgehead atoms. The quantitative estimate of drug-likeness (QED) is 0.829. The van der Waals surface area contributed by atoms with Crippen LogP contribution in [0.5, 0.6) is 0 Å². The van der Waals surface area contributed by atoms with E-state index in [0.29, 0.717) is 13.2 Å². The van der Waals surface area contributed by atoms with Gasteiger partial charge in [-0.2, -0.15) is 0 Å². The molecule has 1 aliphatic rings. The molecule has 1 aromatic rings. The highest BCUT2D eigenvalue weighted by Gasteiger charge is 2.32. The first-order valence-electron chi connectivity index (χ1n) is 5.65. The Labute approximate surface area is 95.8 Å². The highest BCUT2D eigenvalue weighted by molar-refractivity contribution is 5.07. The van der Waals surface area contributed by atoms with E-state index in [-0.39, 0.29) is 5.60 Å². The van der Waals surface area contributed by atoms with Gasteiger partial charge in [0.25, 0.3) is 0 Å². The molecule has 1 fully saturated rings. The summed E-state index contributed by atoms with van der Waals surface area (Å²) in [5.74, 6) is 0. The van der Waals surface area contributed by atoms with Crippen molar-refractivity contribution in [2.24, 2.45) is 5.73 Å². The number of hydrogen-bond acceptors (Lipinski definition) is 4. The minimum Gasteiger partial charge on any atom is -0.381 e. The first kappa shape index (κ1) is 11.5. The number of ether oxygens (including phenoxy) is 2. The topological polar surface area (TPSA) is 57.4 Å². The van der Waals surface area contributed by atoms with Crippen LogP contribution in [-0.2, 0) is 16.1 Å². The fraction of sp³-hybridized carbons (Fsp3) is 0.583. The summed E-state index contributed by atoms with van der Waals surface area (Å²) in [5.41, 5.74) is 6.69. The van der Waals surface area contributed by atoms with Crippen LogP contribution in [0.25, 0.3) is 0 Å². The van der Waals surface area contributed by atoms with Crippen molar-refractivity contribution in [2.45, 2.75) is 25.0 Å². The molecule has 0 aromatic carbocycles. The summed E-state index contributed by atoms with van der Waals surface area (Å²) < 4.78 is 11.3. The molecule has 1 aromatic heterocycles. The first-order valence-corrected chi connectivity index (χ1v) is 5.65. The molecule has 0 spiro atoms. The summed E-state index contributed by atoms with van der Waals surface area (Å²) >= 11 is 0. The third kappa shape index (κ3) is 2.78. The van der Waals surface area contributed by atoms with Gasteiger partial charge in [0.2, 0.25) is 0 Å². The van der Waals surface area contributed by atoms with Crippen LogP contribution in [0.3, 0.4) is 0 Å². The lowest BCUT2D eigenvalue weighted by Crippen LogP contribution is -2.45. The standard InChI is InChI=1S/C12H18N2O2/c13-10-12(3-6-15-7-4-12)16-9-11-2-1-5-14-8-11/h1-2,5,8H,3-4,6-7,9-10,13H2. The highest BCUT2D eigenvalue weighted by Crippen LogP contribution is 2.25. The van der Waals surface area contributed by atoms with E-state index < -0.39 is 0 Å². The van der Waals surface area contributed by atoms with Crippen molar-refractivity contribution in [3.63, 3.8) is 0 Å². The molecule has 1 aliphatic heterocycles. The van der Waals surface area contributed by atoms with Crippen LogP contribution in [0.2, 0.25) is 0 Å². The molecule has 0 amide bonds. The zero-order valence-electron chi connectivity index (χ0n) is 9.39. The molecule has 88 valence electrons. The fourth-order valence-electron chi connectivity index (χ4n) is 1.87. The molecule has 1 saturated heterocycles. The van der Waals surface area contributed by atoms with Crippen LogP contribution in [0.15, 0.2) is 24.5 Å². The van der Waals surface area contributed by atoms with Gasteiger partial charge < -0.3 is 15.2 Å². The van der Waals surface area contributed by atoms with Crippen LogP contribution >= 0.6 is 0 Å². The summed E-state index contributed by atoms with van der Waals surface area (Å²) in [7, 11) is 0. The molecule has 0 unspecified atom stereocenters. The van der Waals surface area contributed by atoms with Gasteiger partial charge >= 0.3 is 0 Å². The average molecular weight is 222 g/mol. The second kappa shape index (κ2) is 5.39. The maximum absolute atomic E-state index is 5.96. The normalized spacial score (nSPS) is 19.6. The number of nitrogens with two attached hydrogens (primary N) is 1. The number of rotatable bonds is 4. The predicted octanol–water partition coefficient (Wildman–Crippen LogP) is 1.11. The Morgan fingerprint density at radius 3 is 2.88 bits per heavy atom. The van der Waals surface area contributed by atoms with Gasteiger partial charge in [-0.15, -0.1) is 0 Å². The number of pyridine rings is 1. The Bertz CT molecular complexity index is 310. The summed E-state index contributed by atoms with van der Waals surface area (Å²) in [6.07, 6.45) is 5.34. The summed E-state index contributed by atoms with van der Waals surface area (Å²) in [5, 5.41) is 0. The van der Waals surface area contributed by atoms with Crippen molar-refractivity contribution in [2.75, 3.05) is 19.8 Å². The van der Waals surface area contributed by atoms with Crippen molar-refractivity contribution < 1.29 is 9.47 Å². The highest BCUT2D eigenvalue weighted by atomic mass is 16.5. The second-order valence-electron chi connectivity index (χ2n) is 4.15. The van der Waals surface area contributed by atoms with Gasteiger partial charge in [-0.3, -0.25) is 4.98 Å². The third-order valence-corrected chi connectivity index (χ3v) is 3.04. The van der Waals surface area contributed by atoms with Crippen LogP contribution < -0.4 is 5.73 Å². The van der Waals surface area contributed by atoms with E-state index in [1.807, 2.05) is 18.3 Å². The Morgan fingerprint density at radius 2 is 2.25 bits per heavy atom. The maximum atomic E-state index is 5.96. The van der Waals surface area contributed by atoms with Crippen LogP contribution in [0.4, 0.5) is 0 Å². The predicted molar refractivity (Wildman–Crippen MR) is 60.9 cm³/mol. The van der Waals surface area contributed by atoms with E-state index in [9.17, 15) is 0 Å². The molecule has 0 atom stereocenters. The molecule has 4 nitrogen and oxygen atoms in total. The van der Waals surface area contributed by atoms with Gasteiger partial charge in [0.05, 0.1) is 12.2 Å².